The molecule has 1 aromatic carbocycles. The summed E-state index contributed by atoms with van der Waals surface area (Å²) in [5.41, 5.74) is 8.81. The molecule has 0 aliphatic carbocycles. The van der Waals surface area contributed by atoms with Crippen molar-refractivity contribution < 1.29 is 4.52 Å². The van der Waals surface area contributed by atoms with Gasteiger partial charge in [0.25, 0.3) is 0 Å². The quantitative estimate of drug-likeness (QED) is 0.773. The van der Waals surface area contributed by atoms with Gasteiger partial charge in [-0.15, -0.1) is 0 Å². The lowest BCUT2D eigenvalue weighted by Crippen LogP contribution is -1.89. The van der Waals surface area contributed by atoms with Gasteiger partial charge in [-0.1, -0.05) is 35.0 Å². The summed E-state index contributed by atoms with van der Waals surface area (Å²) in [5.74, 6) is 0.253. The average molecular weight is 272 g/mol. The second kappa shape index (κ2) is 4.74. The minimum atomic E-state index is 0.253. The van der Waals surface area contributed by atoms with Gasteiger partial charge in [0.2, 0.25) is 5.88 Å². The molecule has 0 saturated carbocycles. The molecule has 0 bridgehead atoms. The van der Waals surface area contributed by atoms with Crippen LogP contribution < -0.4 is 5.73 Å². The lowest BCUT2D eigenvalue weighted by molar-refractivity contribution is 0.439. The fraction of sp³-hybridized carbons (Fsp3) is 0. The van der Waals surface area contributed by atoms with Gasteiger partial charge in [0.15, 0.2) is 0 Å². The molecule has 0 saturated heterocycles. The van der Waals surface area contributed by atoms with Crippen LogP contribution in [0.3, 0.4) is 0 Å². The first-order valence-corrected chi connectivity index (χ1v) is 6.06. The minimum absolute atomic E-state index is 0.253. The van der Waals surface area contributed by atoms with Crippen LogP contribution in [0.15, 0.2) is 53.2 Å². The largest absolute Gasteiger partial charge is 0.367 e. The highest BCUT2D eigenvalue weighted by Gasteiger charge is 2.18. The van der Waals surface area contributed by atoms with Crippen LogP contribution in [-0.4, -0.2) is 10.1 Å². The Morgan fingerprint density at radius 3 is 2.53 bits per heavy atom. The zero-order valence-electron chi connectivity index (χ0n) is 9.88. The molecular formula is C14H10ClN3O. The van der Waals surface area contributed by atoms with Crippen LogP contribution in [0, 0.1) is 0 Å². The summed E-state index contributed by atoms with van der Waals surface area (Å²) in [6.45, 7) is 0. The number of benzene rings is 1. The Hall–Kier alpha value is -2.33. The fourth-order valence-corrected chi connectivity index (χ4v) is 1.99. The molecule has 5 heteroatoms. The number of nitrogen functional groups attached to an aromatic ring is 1. The molecule has 0 radical (unpaired) electrons. The van der Waals surface area contributed by atoms with Gasteiger partial charge in [0, 0.05) is 16.8 Å². The van der Waals surface area contributed by atoms with Crippen molar-refractivity contribution >= 4 is 17.5 Å². The van der Waals surface area contributed by atoms with E-state index in [0.717, 1.165) is 11.3 Å². The van der Waals surface area contributed by atoms with E-state index in [9.17, 15) is 0 Å². The molecule has 2 heterocycles. The van der Waals surface area contributed by atoms with Crippen molar-refractivity contribution in [3.8, 4) is 22.5 Å². The molecule has 0 amide bonds. The van der Waals surface area contributed by atoms with Crippen molar-refractivity contribution in [2.45, 2.75) is 0 Å². The maximum absolute atomic E-state index is 5.88. The lowest BCUT2D eigenvalue weighted by atomic mass is 10.0. The SMILES string of the molecule is Nc1onc(-c2ccc(Cl)cc2)c1-c1ccccn1. The van der Waals surface area contributed by atoms with Crippen molar-refractivity contribution in [2.75, 3.05) is 5.73 Å². The molecule has 4 nitrogen and oxygen atoms in total. The van der Waals surface area contributed by atoms with Crippen molar-refractivity contribution in [3.63, 3.8) is 0 Å². The number of rotatable bonds is 2. The number of nitrogens with two attached hydrogens (primary N) is 1. The molecule has 3 rings (SSSR count). The maximum Gasteiger partial charge on any atom is 0.232 e. The van der Waals surface area contributed by atoms with Crippen molar-refractivity contribution in [1.82, 2.24) is 10.1 Å². The van der Waals surface area contributed by atoms with Gasteiger partial charge < -0.3 is 10.3 Å². The summed E-state index contributed by atoms with van der Waals surface area (Å²) in [5, 5.41) is 4.68. The number of anilines is 1. The number of hydrogen-bond acceptors (Lipinski definition) is 4. The first-order chi connectivity index (χ1) is 9.25. The van der Waals surface area contributed by atoms with Gasteiger partial charge in [0.1, 0.15) is 5.69 Å². The predicted molar refractivity (Wildman–Crippen MR) is 74.6 cm³/mol. The Bertz CT molecular complexity index is 692. The maximum atomic E-state index is 5.88. The third-order valence-corrected chi connectivity index (χ3v) is 3.01. The molecule has 0 aliphatic heterocycles. The zero-order valence-corrected chi connectivity index (χ0v) is 10.6. The highest BCUT2D eigenvalue weighted by molar-refractivity contribution is 6.30. The Kier molecular flexibility index (Phi) is 2.93. The van der Waals surface area contributed by atoms with Gasteiger partial charge in [0.05, 0.1) is 11.3 Å². The lowest BCUT2D eigenvalue weighted by Gasteiger charge is -2.01. The van der Waals surface area contributed by atoms with Crippen molar-refractivity contribution in [2.24, 2.45) is 0 Å². The van der Waals surface area contributed by atoms with Crippen molar-refractivity contribution in [3.05, 3.63) is 53.7 Å². The summed E-state index contributed by atoms with van der Waals surface area (Å²) in [4.78, 5) is 4.28. The molecule has 0 unspecified atom stereocenters. The Morgan fingerprint density at radius 2 is 1.84 bits per heavy atom. The van der Waals surface area contributed by atoms with Gasteiger partial charge in [-0.3, -0.25) is 4.98 Å². The van der Waals surface area contributed by atoms with E-state index in [-0.39, 0.29) is 5.88 Å². The first-order valence-electron chi connectivity index (χ1n) is 5.68. The third-order valence-electron chi connectivity index (χ3n) is 2.76. The Morgan fingerprint density at radius 1 is 1.05 bits per heavy atom. The first kappa shape index (κ1) is 11.7. The molecule has 0 atom stereocenters. The monoisotopic (exact) mass is 271 g/mol. The molecule has 0 fully saturated rings. The molecular weight excluding hydrogens is 262 g/mol. The molecule has 94 valence electrons. The Balaban J connectivity index is 2.16. The van der Waals surface area contributed by atoms with Crippen molar-refractivity contribution in [1.29, 1.82) is 0 Å². The van der Waals surface area contributed by atoms with Crippen LogP contribution >= 0.6 is 11.6 Å². The molecule has 0 aliphatic rings. The van der Waals surface area contributed by atoms with Crippen LogP contribution in [0.5, 0.6) is 0 Å². The van der Waals surface area contributed by atoms with E-state index < -0.39 is 0 Å². The van der Waals surface area contributed by atoms with Crippen LogP contribution in [0.4, 0.5) is 5.88 Å². The predicted octanol–water partition coefficient (Wildman–Crippen LogP) is 3.64. The number of hydrogen-bond donors (Lipinski definition) is 1. The van der Waals surface area contributed by atoms with Crippen LogP contribution in [0.1, 0.15) is 0 Å². The third kappa shape index (κ3) is 2.18. The number of aromatic nitrogens is 2. The molecule has 19 heavy (non-hydrogen) atoms. The normalized spacial score (nSPS) is 10.6. The van der Waals surface area contributed by atoms with Gasteiger partial charge in [-0.05, 0) is 24.3 Å². The summed E-state index contributed by atoms with van der Waals surface area (Å²) in [6.07, 6.45) is 1.70. The van der Waals surface area contributed by atoms with Gasteiger partial charge in [-0.2, -0.15) is 0 Å². The second-order valence-corrected chi connectivity index (χ2v) is 4.43. The van der Waals surface area contributed by atoms with E-state index >= 15 is 0 Å². The zero-order chi connectivity index (χ0) is 13.2. The molecule has 0 spiro atoms. The highest BCUT2D eigenvalue weighted by atomic mass is 35.5. The second-order valence-electron chi connectivity index (χ2n) is 3.99. The summed E-state index contributed by atoms with van der Waals surface area (Å²) < 4.78 is 5.09. The average Bonchev–Trinajstić information content (AvgIpc) is 2.82. The highest BCUT2D eigenvalue weighted by Crippen LogP contribution is 2.35. The van der Waals surface area contributed by atoms with E-state index in [1.165, 1.54) is 0 Å². The van der Waals surface area contributed by atoms with E-state index in [1.807, 2.05) is 30.3 Å². The standard InChI is InChI=1S/C14H10ClN3O/c15-10-6-4-9(5-7-10)13-12(14(16)19-18-13)11-3-1-2-8-17-11/h1-8H,16H2. The number of pyridine rings is 1. The summed E-state index contributed by atoms with van der Waals surface area (Å²) in [7, 11) is 0. The summed E-state index contributed by atoms with van der Waals surface area (Å²) >= 11 is 5.88. The summed E-state index contributed by atoms with van der Waals surface area (Å²) in [6, 6.07) is 12.9. The fourth-order valence-electron chi connectivity index (χ4n) is 1.87. The van der Waals surface area contributed by atoms with E-state index in [0.29, 0.717) is 16.3 Å². The molecule has 2 aromatic heterocycles. The molecule has 3 aromatic rings. The van der Waals surface area contributed by atoms with Gasteiger partial charge in [-0.25, -0.2) is 0 Å². The Labute approximate surface area is 114 Å². The van der Waals surface area contributed by atoms with Gasteiger partial charge >= 0.3 is 0 Å². The smallest absolute Gasteiger partial charge is 0.232 e. The van der Waals surface area contributed by atoms with E-state index in [2.05, 4.69) is 10.1 Å². The molecule has 2 N–H and O–H groups in total. The van der Waals surface area contributed by atoms with Crippen LogP contribution in [0.25, 0.3) is 22.5 Å². The van der Waals surface area contributed by atoms with Crippen LogP contribution in [0.2, 0.25) is 5.02 Å². The van der Waals surface area contributed by atoms with Crippen LogP contribution in [-0.2, 0) is 0 Å². The number of nitrogens with zero attached hydrogens (tertiary/aromatic N) is 2. The number of halogens is 1. The van der Waals surface area contributed by atoms with E-state index in [1.54, 1.807) is 18.3 Å². The van der Waals surface area contributed by atoms with E-state index in [4.69, 9.17) is 21.9 Å². The minimum Gasteiger partial charge on any atom is -0.367 e. The topological polar surface area (TPSA) is 64.9 Å².